The highest BCUT2D eigenvalue weighted by molar-refractivity contribution is 5.53. The van der Waals surface area contributed by atoms with Crippen LogP contribution in [0, 0.1) is 11.6 Å². The molecule has 0 aromatic heterocycles. The first-order valence-electron chi connectivity index (χ1n) is 7.17. The van der Waals surface area contributed by atoms with Crippen LogP contribution in [0.2, 0.25) is 0 Å². The normalized spacial score (nSPS) is 14.2. The monoisotopic (exact) mass is 288 g/mol. The van der Waals surface area contributed by atoms with Crippen molar-refractivity contribution in [3.8, 4) is 0 Å². The highest BCUT2D eigenvalue weighted by Gasteiger charge is 2.32. The van der Waals surface area contributed by atoms with Gasteiger partial charge in [-0.25, -0.2) is 8.78 Å². The molecule has 1 aliphatic rings. The average molecular weight is 288 g/mol. The van der Waals surface area contributed by atoms with Crippen LogP contribution in [0.4, 0.5) is 14.5 Å². The molecular weight excluding hydrogens is 270 g/mol. The van der Waals surface area contributed by atoms with Crippen LogP contribution in [0.3, 0.4) is 0 Å². The van der Waals surface area contributed by atoms with Gasteiger partial charge >= 0.3 is 0 Å². The van der Waals surface area contributed by atoms with Gasteiger partial charge in [-0.1, -0.05) is 30.3 Å². The number of halogens is 2. The van der Waals surface area contributed by atoms with Crippen LogP contribution in [0.1, 0.15) is 24.0 Å². The lowest BCUT2D eigenvalue weighted by atomic mass is 10.1. The molecule has 1 aliphatic carbocycles. The Morgan fingerprint density at radius 2 is 1.62 bits per heavy atom. The Balaban J connectivity index is 1.95. The Hall–Kier alpha value is -1.94. The number of nitrogens with zero attached hydrogens (tertiary/aromatic N) is 1. The summed E-state index contributed by atoms with van der Waals surface area (Å²) in [5, 5.41) is 0. The van der Waals surface area contributed by atoms with Crippen molar-refractivity contribution in [2.45, 2.75) is 32.0 Å². The zero-order valence-corrected chi connectivity index (χ0v) is 11.7. The number of benzene rings is 2. The third-order valence-electron chi connectivity index (χ3n) is 3.78. The summed E-state index contributed by atoms with van der Waals surface area (Å²) in [6.45, 7) is 0.650. The third-order valence-corrected chi connectivity index (χ3v) is 3.78. The van der Waals surface area contributed by atoms with Gasteiger partial charge in [-0.2, -0.15) is 0 Å². The molecule has 4 heteroatoms. The molecule has 0 radical (unpaired) electrons. The van der Waals surface area contributed by atoms with Gasteiger partial charge < -0.3 is 10.6 Å². The summed E-state index contributed by atoms with van der Waals surface area (Å²) < 4.78 is 28.6. The molecule has 0 amide bonds. The van der Waals surface area contributed by atoms with Gasteiger partial charge in [0.05, 0.1) is 0 Å². The predicted molar refractivity (Wildman–Crippen MR) is 79.9 cm³/mol. The molecule has 0 bridgehead atoms. The molecule has 0 atom stereocenters. The van der Waals surface area contributed by atoms with E-state index in [0.29, 0.717) is 12.1 Å². The van der Waals surface area contributed by atoms with Crippen LogP contribution >= 0.6 is 0 Å². The van der Waals surface area contributed by atoms with Crippen molar-refractivity contribution in [1.29, 1.82) is 0 Å². The number of hydrogen-bond donors (Lipinski definition) is 1. The summed E-state index contributed by atoms with van der Waals surface area (Å²) in [7, 11) is 0. The van der Waals surface area contributed by atoms with E-state index in [2.05, 4.69) is 0 Å². The van der Waals surface area contributed by atoms with Crippen molar-refractivity contribution in [2.24, 2.45) is 5.73 Å². The fraction of sp³-hybridized carbons (Fsp3) is 0.294. The summed E-state index contributed by atoms with van der Waals surface area (Å²) in [5.41, 5.74) is 7.05. The van der Waals surface area contributed by atoms with E-state index in [1.165, 1.54) is 12.1 Å². The lowest BCUT2D eigenvalue weighted by Gasteiger charge is -2.26. The highest BCUT2D eigenvalue weighted by Crippen LogP contribution is 2.36. The standard InChI is InChI=1S/C17H18F2N2/c18-15-8-13(10-20)9-16(19)17(15)21(14-6-7-14)11-12-4-2-1-3-5-12/h1-5,8-9,14H,6-7,10-11,20H2. The van der Waals surface area contributed by atoms with Gasteiger partial charge in [-0.3, -0.25) is 0 Å². The average Bonchev–Trinajstić information content (AvgIpc) is 3.31. The molecule has 110 valence electrons. The molecule has 0 aliphatic heterocycles. The molecule has 0 unspecified atom stereocenters. The smallest absolute Gasteiger partial charge is 0.149 e. The molecule has 2 N–H and O–H groups in total. The van der Waals surface area contributed by atoms with Gasteiger partial charge in [0.1, 0.15) is 17.3 Å². The first kappa shape index (κ1) is 14.0. The summed E-state index contributed by atoms with van der Waals surface area (Å²) in [6, 6.07) is 12.6. The molecule has 2 aromatic carbocycles. The van der Waals surface area contributed by atoms with E-state index in [9.17, 15) is 8.78 Å². The van der Waals surface area contributed by atoms with Gasteiger partial charge in [0.25, 0.3) is 0 Å². The van der Waals surface area contributed by atoms with Crippen LogP contribution in [0.25, 0.3) is 0 Å². The number of rotatable bonds is 5. The first-order chi connectivity index (χ1) is 10.2. The van der Waals surface area contributed by atoms with Crippen molar-refractivity contribution in [3.05, 3.63) is 65.2 Å². The fourth-order valence-corrected chi connectivity index (χ4v) is 2.57. The molecular formula is C17H18F2N2. The molecule has 1 saturated carbocycles. The Kier molecular flexibility index (Phi) is 3.88. The molecule has 0 saturated heterocycles. The Morgan fingerprint density at radius 1 is 1.00 bits per heavy atom. The van der Waals surface area contributed by atoms with Gasteiger partial charge in [0, 0.05) is 19.1 Å². The van der Waals surface area contributed by atoms with Gasteiger partial charge in [-0.05, 0) is 36.1 Å². The third kappa shape index (κ3) is 3.05. The minimum Gasteiger partial charge on any atom is -0.359 e. The zero-order chi connectivity index (χ0) is 14.8. The van der Waals surface area contributed by atoms with Gasteiger partial charge in [0.15, 0.2) is 0 Å². The first-order valence-corrected chi connectivity index (χ1v) is 7.17. The molecule has 2 nitrogen and oxygen atoms in total. The van der Waals surface area contributed by atoms with E-state index in [-0.39, 0.29) is 18.3 Å². The van der Waals surface area contributed by atoms with E-state index < -0.39 is 11.6 Å². The SMILES string of the molecule is NCc1cc(F)c(N(Cc2ccccc2)C2CC2)c(F)c1. The van der Waals surface area contributed by atoms with Crippen molar-refractivity contribution >= 4 is 5.69 Å². The van der Waals surface area contributed by atoms with Crippen LogP contribution < -0.4 is 10.6 Å². The van der Waals surface area contributed by atoms with Crippen molar-refractivity contribution in [2.75, 3.05) is 4.90 Å². The summed E-state index contributed by atoms with van der Waals surface area (Å²) >= 11 is 0. The van der Waals surface area contributed by atoms with Crippen LogP contribution in [-0.4, -0.2) is 6.04 Å². The van der Waals surface area contributed by atoms with Crippen molar-refractivity contribution in [3.63, 3.8) is 0 Å². The molecule has 1 fully saturated rings. The topological polar surface area (TPSA) is 29.3 Å². The second kappa shape index (κ2) is 5.82. The van der Waals surface area contributed by atoms with Crippen molar-refractivity contribution < 1.29 is 8.78 Å². The van der Waals surface area contributed by atoms with Gasteiger partial charge in [-0.15, -0.1) is 0 Å². The van der Waals surface area contributed by atoms with E-state index in [1.807, 2.05) is 35.2 Å². The molecule has 2 aromatic rings. The quantitative estimate of drug-likeness (QED) is 0.911. The lowest BCUT2D eigenvalue weighted by molar-refractivity contribution is 0.564. The van der Waals surface area contributed by atoms with E-state index in [4.69, 9.17) is 5.73 Å². The Labute approximate surface area is 123 Å². The maximum absolute atomic E-state index is 14.3. The summed E-state index contributed by atoms with van der Waals surface area (Å²) in [5.74, 6) is -1.06. The largest absolute Gasteiger partial charge is 0.359 e. The fourth-order valence-electron chi connectivity index (χ4n) is 2.57. The molecule has 0 heterocycles. The van der Waals surface area contributed by atoms with E-state index in [1.54, 1.807) is 0 Å². The van der Waals surface area contributed by atoms with Crippen LogP contribution in [-0.2, 0) is 13.1 Å². The van der Waals surface area contributed by atoms with E-state index in [0.717, 1.165) is 18.4 Å². The van der Waals surface area contributed by atoms with Gasteiger partial charge in [0.2, 0.25) is 0 Å². The van der Waals surface area contributed by atoms with Crippen LogP contribution in [0.15, 0.2) is 42.5 Å². The molecule has 0 spiro atoms. The maximum atomic E-state index is 14.3. The molecule has 21 heavy (non-hydrogen) atoms. The van der Waals surface area contributed by atoms with Crippen molar-refractivity contribution in [1.82, 2.24) is 0 Å². The van der Waals surface area contributed by atoms with E-state index >= 15 is 0 Å². The second-order valence-corrected chi connectivity index (χ2v) is 5.46. The Morgan fingerprint density at radius 3 is 2.14 bits per heavy atom. The zero-order valence-electron chi connectivity index (χ0n) is 11.7. The lowest BCUT2D eigenvalue weighted by Crippen LogP contribution is -2.27. The Bertz CT molecular complexity index is 601. The second-order valence-electron chi connectivity index (χ2n) is 5.46. The maximum Gasteiger partial charge on any atom is 0.149 e. The number of hydrogen-bond acceptors (Lipinski definition) is 2. The van der Waals surface area contributed by atoms with Crippen LogP contribution in [0.5, 0.6) is 0 Å². The minimum atomic E-state index is -0.529. The summed E-state index contributed by atoms with van der Waals surface area (Å²) in [6.07, 6.45) is 1.95. The minimum absolute atomic E-state index is 0.0681. The predicted octanol–water partition coefficient (Wildman–Crippen LogP) is 3.59. The number of nitrogens with two attached hydrogens (primary N) is 1. The highest BCUT2D eigenvalue weighted by atomic mass is 19.1. The number of anilines is 1. The summed E-state index contributed by atoms with van der Waals surface area (Å²) in [4.78, 5) is 1.83. The molecule has 3 rings (SSSR count).